The summed E-state index contributed by atoms with van der Waals surface area (Å²) in [6.07, 6.45) is 0.703. The molecule has 0 fully saturated rings. The Hall–Kier alpha value is -2.45. The average molecular weight is 480 g/mol. The molecule has 1 aliphatic heterocycles. The van der Waals surface area contributed by atoms with Crippen LogP contribution in [0.15, 0.2) is 48.5 Å². The maximum absolute atomic E-state index is 6.33. The molecule has 0 aliphatic carbocycles. The number of aromatic amines is 1. The van der Waals surface area contributed by atoms with Crippen LogP contribution in [-0.2, 0) is 9.47 Å². The number of rotatable bonds is 11. The monoisotopic (exact) mass is 479 g/mol. The Morgan fingerprint density at radius 2 is 1.65 bits per heavy atom. The number of imidazole rings is 1. The number of nitrogens with one attached hydrogen (secondary N) is 1. The van der Waals surface area contributed by atoms with Crippen molar-refractivity contribution in [1.82, 2.24) is 14.9 Å². The molecule has 182 valence electrons. The predicted octanol–water partition coefficient (Wildman–Crippen LogP) is 6.21. The van der Waals surface area contributed by atoms with Crippen LogP contribution >= 0.6 is 0 Å². The smallest absolute Gasteiger partial charge is 0.138 e. The third-order valence-corrected chi connectivity index (χ3v) is 7.58. The molecule has 1 unspecified atom stereocenters. The molecule has 1 aromatic heterocycles. The van der Waals surface area contributed by atoms with E-state index in [0.29, 0.717) is 13.2 Å². The highest BCUT2D eigenvalue weighted by Gasteiger charge is 2.27. The first-order chi connectivity index (χ1) is 16.3. The molecule has 0 radical (unpaired) electrons. The van der Waals surface area contributed by atoms with E-state index in [1.807, 2.05) is 36.4 Å². The Morgan fingerprint density at radius 1 is 0.971 bits per heavy atom. The van der Waals surface area contributed by atoms with Crippen molar-refractivity contribution in [3.63, 3.8) is 0 Å². The summed E-state index contributed by atoms with van der Waals surface area (Å²) < 4.78 is 18.7. The van der Waals surface area contributed by atoms with Crippen molar-refractivity contribution in [2.75, 3.05) is 40.5 Å². The summed E-state index contributed by atoms with van der Waals surface area (Å²) in [7, 11) is 3.01. The van der Waals surface area contributed by atoms with Gasteiger partial charge in [-0.15, -0.1) is 0 Å². The quantitative estimate of drug-likeness (QED) is 0.205. The van der Waals surface area contributed by atoms with Gasteiger partial charge in [-0.05, 0) is 57.4 Å². The second-order valence-electron chi connectivity index (χ2n) is 10.3. The first-order valence-corrected chi connectivity index (χ1v) is 15.8. The average Bonchev–Trinajstić information content (AvgIpc) is 3.17. The molecule has 2 aromatic carbocycles. The van der Waals surface area contributed by atoms with Crippen molar-refractivity contribution < 1.29 is 14.2 Å². The van der Waals surface area contributed by atoms with Crippen LogP contribution in [0.2, 0.25) is 25.7 Å². The number of para-hydroxylation sites is 2. The van der Waals surface area contributed by atoms with E-state index in [-0.39, 0.29) is 6.10 Å². The number of nitrogens with zero attached hydrogens (tertiary/aromatic N) is 2. The van der Waals surface area contributed by atoms with Gasteiger partial charge >= 0.3 is 0 Å². The molecule has 1 N–H and O–H groups in total. The zero-order valence-electron chi connectivity index (χ0n) is 21.1. The number of H-pyrrole nitrogens is 1. The Balaban J connectivity index is 1.62. The normalized spacial score (nSPS) is 13.6. The van der Waals surface area contributed by atoms with Crippen LogP contribution in [0, 0.1) is 0 Å². The van der Waals surface area contributed by atoms with Crippen molar-refractivity contribution >= 4 is 8.07 Å². The zero-order chi connectivity index (χ0) is 24.1. The van der Waals surface area contributed by atoms with E-state index in [4.69, 9.17) is 19.2 Å². The van der Waals surface area contributed by atoms with Gasteiger partial charge in [0.1, 0.15) is 29.1 Å². The van der Waals surface area contributed by atoms with Crippen molar-refractivity contribution in [1.29, 1.82) is 0 Å². The van der Waals surface area contributed by atoms with Crippen molar-refractivity contribution in [2.24, 2.45) is 0 Å². The summed E-state index contributed by atoms with van der Waals surface area (Å²) in [5.74, 6) is 2.43. The predicted molar refractivity (Wildman–Crippen MR) is 140 cm³/mol. The first-order valence-electron chi connectivity index (χ1n) is 12.1. The molecular weight excluding hydrogens is 442 g/mol. The third kappa shape index (κ3) is 6.15. The van der Waals surface area contributed by atoms with E-state index in [9.17, 15) is 0 Å². The van der Waals surface area contributed by atoms with Gasteiger partial charge in [-0.3, -0.25) is 0 Å². The minimum atomic E-state index is -1.15. The molecule has 0 spiro atoms. The summed E-state index contributed by atoms with van der Waals surface area (Å²) in [6, 6.07) is 17.3. The van der Waals surface area contributed by atoms with Crippen LogP contribution in [-0.4, -0.2) is 63.4 Å². The van der Waals surface area contributed by atoms with Gasteiger partial charge in [-0.25, -0.2) is 4.98 Å². The van der Waals surface area contributed by atoms with Crippen LogP contribution in [0.1, 0.15) is 18.3 Å². The Bertz CT molecular complexity index is 1030. The number of ether oxygens (including phenoxy) is 3. The van der Waals surface area contributed by atoms with Gasteiger partial charge in [0.25, 0.3) is 0 Å². The molecule has 1 aliphatic rings. The van der Waals surface area contributed by atoms with Gasteiger partial charge in [0, 0.05) is 32.4 Å². The van der Waals surface area contributed by atoms with Gasteiger partial charge in [0.15, 0.2) is 0 Å². The van der Waals surface area contributed by atoms with E-state index in [1.165, 1.54) is 0 Å². The van der Waals surface area contributed by atoms with Gasteiger partial charge < -0.3 is 24.1 Å². The highest BCUT2D eigenvalue weighted by molar-refractivity contribution is 6.76. The minimum absolute atomic E-state index is 0.254. The number of benzene rings is 2. The lowest BCUT2D eigenvalue weighted by Gasteiger charge is -2.19. The van der Waals surface area contributed by atoms with Crippen molar-refractivity contribution in [3.8, 4) is 34.0 Å². The molecule has 3 aromatic rings. The molecule has 4 rings (SSSR count). The number of hydrogen-bond acceptors (Lipinski definition) is 5. The van der Waals surface area contributed by atoms with Crippen LogP contribution < -0.4 is 4.74 Å². The van der Waals surface area contributed by atoms with E-state index >= 15 is 0 Å². The van der Waals surface area contributed by atoms with Crippen LogP contribution in [0.25, 0.3) is 22.5 Å². The maximum Gasteiger partial charge on any atom is 0.138 e. The summed E-state index contributed by atoms with van der Waals surface area (Å²) in [5.41, 5.74) is 3.82. The van der Waals surface area contributed by atoms with Crippen molar-refractivity contribution in [2.45, 2.75) is 38.2 Å². The highest BCUT2D eigenvalue weighted by atomic mass is 28.3. The van der Waals surface area contributed by atoms with E-state index in [0.717, 1.165) is 65.5 Å². The third-order valence-electron chi connectivity index (χ3n) is 5.88. The topological polar surface area (TPSA) is 59.6 Å². The van der Waals surface area contributed by atoms with Crippen molar-refractivity contribution in [3.05, 3.63) is 54.4 Å². The number of aromatic nitrogens is 2. The molecule has 0 amide bonds. The minimum Gasteiger partial charge on any atom is -0.456 e. The Labute approximate surface area is 204 Å². The number of hydrogen-bond donors (Lipinski definition) is 1. The molecule has 0 bridgehead atoms. The molecule has 0 saturated heterocycles. The van der Waals surface area contributed by atoms with E-state index < -0.39 is 8.07 Å². The highest BCUT2D eigenvalue weighted by Crippen LogP contribution is 2.45. The summed E-state index contributed by atoms with van der Waals surface area (Å²) in [4.78, 5) is 10.8. The van der Waals surface area contributed by atoms with Gasteiger partial charge in [-0.1, -0.05) is 43.9 Å². The molecule has 1 atom stereocenters. The molecule has 34 heavy (non-hydrogen) atoms. The largest absolute Gasteiger partial charge is 0.456 e. The van der Waals surface area contributed by atoms with Gasteiger partial charge in [-0.2, -0.15) is 0 Å². The first kappa shape index (κ1) is 24.7. The number of fused-ring (bicyclic) bond motifs is 5. The fourth-order valence-corrected chi connectivity index (χ4v) is 4.70. The Morgan fingerprint density at radius 3 is 2.35 bits per heavy atom. The Kier molecular flexibility index (Phi) is 7.88. The standard InChI is InChI=1S/C27H37N3O3Si/c1-30(2)15-10-16-32-24(19-31-17-18-34(3,4)5)27-28-25-20-11-6-8-13-22(20)33-23-14-9-7-12-21(23)26(25)29-27/h6-9,11-14,24H,10,15-19H2,1-5H3,(H,28,29). The van der Waals surface area contributed by atoms with Crippen LogP contribution in [0.3, 0.4) is 0 Å². The summed E-state index contributed by atoms with van der Waals surface area (Å²) in [5, 5.41) is 0. The summed E-state index contributed by atoms with van der Waals surface area (Å²) >= 11 is 0. The SMILES string of the molecule is CN(C)CCCOC(COCC[Si](C)(C)C)c1nc2c([nH]1)-c1ccccc1Oc1ccccc1-2. The molecule has 0 saturated carbocycles. The van der Waals surface area contributed by atoms with Crippen LogP contribution in [0.4, 0.5) is 0 Å². The molecule has 7 heteroatoms. The second kappa shape index (κ2) is 10.9. The fraction of sp³-hybridized carbons (Fsp3) is 0.444. The maximum atomic E-state index is 6.33. The molecule has 6 nitrogen and oxygen atoms in total. The van der Waals surface area contributed by atoms with Gasteiger partial charge in [0.2, 0.25) is 0 Å². The molecular formula is C27H37N3O3Si. The van der Waals surface area contributed by atoms with E-state index in [2.05, 4.69) is 55.8 Å². The lowest BCUT2D eigenvalue weighted by Crippen LogP contribution is -2.23. The summed E-state index contributed by atoms with van der Waals surface area (Å²) in [6.45, 7) is 9.98. The lowest BCUT2D eigenvalue weighted by molar-refractivity contribution is -0.0212. The van der Waals surface area contributed by atoms with Crippen LogP contribution in [0.5, 0.6) is 11.5 Å². The lowest BCUT2D eigenvalue weighted by atomic mass is 10.1. The second-order valence-corrected chi connectivity index (χ2v) is 16.0. The zero-order valence-corrected chi connectivity index (χ0v) is 22.1. The molecule has 2 heterocycles. The fourth-order valence-electron chi connectivity index (χ4n) is 3.95. The van der Waals surface area contributed by atoms with Gasteiger partial charge in [0.05, 0.1) is 12.3 Å². The van der Waals surface area contributed by atoms with E-state index in [1.54, 1.807) is 0 Å².